The van der Waals surface area contributed by atoms with Crippen LogP contribution in [0, 0.1) is 11.3 Å². The predicted octanol–water partition coefficient (Wildman–Crippen LogP) is 2.74. The minimum atomic E-state index is 0.0498. The molecule has 0 radical (unpaired) electrons. The predicted molar refractivity (Wildman–Crippen MR) is 88.7 cm³/mol. The van der Waals surface area contributed by atoms with E-state index in [9.17, 15) is 4.79 Å². The minimum absolute atomic E-state index is 0.0498. The van der Waals surface area contributed by atoms with Gasteiger partial charge >= 0.3 is 0 Å². The first-order valence-corrected chi connectivity index (χ1v) is 8.14. The van der Waals surface area contributed by atoms with Gasteiger partial charge in [0.05, 0.1) is 5.69 Å². The molecule has 1 saturated heterocycles. The quantitative estimate of drug-likeness (QED) is 0.929. The Balaban J connectivity index is 1.97. The number of piperidine rings is 1. The van der Waals surface area contributed by atoms with Gasteiger partial charge in [-0.2, -0.15) is 0 Å². The van der Waals surface area contributed by atoms with Crippen molar-refractivity contribution in [3.63, 3.8) is 0 Å². The Labute approximate surface area is 133 Å². The van der Waals surface area contributed by atoms with Gasteiger partial charge in [-0.1, -0.05) is 20.8 Å². The van der Waals surface area contributed by atoms with E-state index in [0.29, 0.717) is 12.3 Å². The van der Waals surface area contributed by atoms with Crippen LogP contribution in [-0.4, -0.2) is 40.9 Å². The zero-order chi connectivity index (χ0) is 16.2. The van der Waals surface area contributed by atoms with Gasteiger partial charge in [-0.25, -0.2) is 4.98 Å². The molecular weight excluding hydrogens is 276 g/mol. The molecule has 0 unspecified atom stereocenters. The third-order valence-corrected chi connectivity index (χ3v) is 4.05. The lowest BCUT2D eigenvalue weighted by molar-refractivity contribution is -0.134. The van der Waals surface area contributed by atoms with E-state index in [0.717, 1.165) is 43.9 Å². The summed E-state index contributed by atoms with van der Waals surface area (Å²) in [5.41, 5.74) is 1.05. The van der Waals surface area contributed by atoms with Gasteiger partial charge in [0.25, 0.3) is 0 Å². The molecule has 1 atom stereocenters. The number of nitrogens with zero attached hydrogens (tertiary/aromatic N) is 3. The average molecular weight is 304 g/mol. The largest absolute Gasteiger partial charge is 0.372 e. The van der Waals surface area contributed by atoms with Crippen molar-refractivity contribution in [2.24, 2.45) is 11.3 Å². The highest BCUT2D eigenvalue weighted by molar-refractivity contribution is 5.76. The van der Waals surface area contributed by atoms with E-state index in [1.807, 2.05) is 11.9 Å². The van der Waals surface area contributed by atoms with E-state index in [1.165, 1.54) is 0 Å². The second kappa shape index (κ2) is 7.07. The molecule has 1 aromatic heterocycles. The van der Waals surface area contributed by atoms with Gasteiger partial charge in [-0.3, -0.25) is 9.78 Å². The Morgan fingerprint density at radius 3 is 2.77 bits per heavy atom. The second-order valence-electron chi connectivity index (χ2n) is 7.39. The van der Waals surface area contributed by atoms with E-state index in [4.69, 9.17) is 0 Å². The molecule has 22 heavy (non-hydrogen) atoms. The van der Waals surface area contributed by atoms with E-state index >= 15 is 0 Å². The topological polar surface area (TPSA) is 58.1 Å². The van der Waals surface area contributed by atoms with Crippen LogP contribution in [0.5, 0.6) is 0 Å². The van der Waals surface area contributed by atoms with Crippen LogP contribution in [0.4, 0.5) is 5.82 Å². The van der Waals surface area contributed by atoms with Gasteiger partial charge in [-0.05, 0) is 30.6 Å². The maximum atomic E-state index is 12.4. The van der Waals surface area contributed by atoms with Crippen LogP contribution < -0.4 is 5.32 Å². The van der Waals surface area contributed by atoms with E-state index in [1.54, 1.807) is 12.4 Å². The van der Waals surface area contributed by atoms with Crippen LogP contribution in [-0.2, 0) is 11.2 Å². The minimum Gasteiger partial charge on any atom is -0.372 e. The molecule has 5 nitrogen and oxygen atoms in total. The molecule has 1 aliphatic rings. The van der Waals surface area contributed by atoms with Crippen molar-refractivity contribution in [2.75, 3.05) is 25.5 Å². The van der Waals surface area contributed by atoms with Gasteiger partial charge in [0.1, 0.15) is 5.82 Å². The lowest BCUT2D eigenvalue weighted by Crippen LogP contribution is -2.41. The zero-order valence-electron chi connectivity index (χ0n) is 14.2. The lowest BCUT2D eigenvalue weighted by Gasteiger charge is -2.34. The number of hydrogen-bond acceptors (Lipinski definition) is 4. The second-order valence-corrected chi connectivity index (χ2v) is 7.39. The van der Waals surface area contributed by atoms with E-state index < -0.39 is 0 Å². The highest BCUT2D eigenvalue weighted by atomic mass is 16.2. The van der Waals surface area contributed by atoms with Crippen LogP contribution in [0.15, 0.2) is 12.4 Å². The molecule has 2 heterocycles. The van der Waals surface area contributed by atoms with Crippen molar-refractivity contribution >= 4 is 11.7 Å². The molecule has 5 heteroatoms. The fraction of sp³-hybridized carbons (Fsp3) is 0.706. The summed E-state index contributed by atoms with van der Waals surface area (Å²) in [6.45, 7) is 8.08. The number of nitrogens with one attached hydrogen (secondary N) is 1. The van der Waals surface area contributed by atoms with Gasteiger partial charge in [0.15, 0.2) is 0 Å². The molecule has 1 aliphatic heterocycles. The Bertz CT molecular complexity index is 510. The number of amides is 1. The number of rotatable bonds is 4. The number of anilines is 1. The molecule has 122 valence electrons. The molecule has 1 aromatic rings. The molecule has 0 saturated carbocycles. The number of carbonyl (C=O) groups is 1. The van der Waals surface area contributed by atoms with Crippen LogP contribution >= 0.6 is 0 Å². The summed E-state index contributed by atoms with van der Waals surface area (Å²) in [5, 5.41) is 3.10. The first-order chi connectivity index (χ1) is 10.4. The number of carbonyl (C=O) groups excluding carboxylic acids is 1. The van der Waals surface area contributed by atoms with Crippen LogP contribution in [0.3, 0.4) is 0 Å². The van der Waals surface area contributed by atoms with Crippen LogP contribution in [0.2, 0.25) is 0 Å². The summed E-state index contributed by atoms with van der Waals surface area (Å²) in [4.78, 5) is 23.2. The van der Waals surface area contributed by atoms with Gasteiger partial charge in [-0.15, -0.1) is 0 Å². The summed E-state index contributed by atoms with van der Waals surface area (Å²) in [6.07, 6.45) is 7.17. The number of aromatic nitrogens is 2. The Kier molecular flexibility index (Phi) is 5.37. The normalized spacial score (nSPS) is 19.1. The summed E-state index contributed by atoms with van der Waals surface area (Å²) < 4.78 is 0. The maximum Gasteiger partial charge on any atom is 0.223 e. The summed E-state index contributed by atoms with van der Waals surface area (Å²) in [5.74, 6) is 1.60. The highest BCUT2D eigenvalue weighted by Crippen LogP contribution is 2.25. The monoisotopic (exact) mass is 304 g/mol. The lowest BCUT2D eigenvalue weighted by atomic mass is 9.89. The standard InChI is InChI=1S/C17H28N4O/c1-17(2,3)11-15(22)21-9-5-6-13(12-21)10-14-16(18-4)20-8-7-19-14/h7-8,13H,5-6,9-12H2,1-4H3,(H,18,20)/t13-/m0/s1. The van der Waals surface area contributed by atoms with Crippen molar-refractivity contribution in [1.82, 2.24) is 14.9 Å². The number of likely N-dealkylation sites (tertiary alicyclic amines) is 1. The molecule has 0 aromatic carbocycles. The third kappa shape index (κ3) is 4.68. The fourth-order valence-corrected chi connectivity index (χ4v) is 3.02. The van der Waals surface area contributed by atoms with Gasteiger partial charge < -0.3 is 10.2 Å². The van der Waals surface area contributed by atoms with Crippen LogP contribution in [0.1, 0.15) is 45.7 Å². The maximum absolute atomic E-state index is 12.4. The molecule has 1 fully saturated rings. The summed E-state index contributed by atoms with van der Waals surface area (Å²) >= 11 is 0. The zero-order valence-corrected chi connectivity index (χ0v) is 14.2. The average Bonchev–Trinajstić information content (AvgIpc) is 2.46. The van der Waals surface area contributed by atoms with Crippen molar-refractivity contribution in [1.29, 1.82) is 0 Å². The van der Waals surface area contributed by atoms with Gasteiger partial charge in [0, 0.05) is 39.0 Å². The first kappa shape index (κ1) is 16.7. The Hall–Kier alpha value is -1.65. The summed E-state index contributed by atoms with van der Waals surface area (Å²) in [6, 6.07) is 0. The summed E-state index contributed by atoms with van der Waals surface area (Å²) in [7, 11) is 1.87. The number of hydrogen-bond donors (Lipinski definition) is 1. The highest BCUT2D eigenvalue weighted by Gasteiger charge is 2.27. The van der Waals surface area contributed by atoms with E-state index in [-0.39, 0.29) is 11.3 Å². The van der Waals surface area contributed by atoms with Crippen LogP contribution in [0.25, 0.3) is 0 Å². The van der Waals surface area contributed by atoms with Crippen molar-refractivity contribution in [2.45, 2.75) is 46.5 Å². The third-order valence-electron chi connectivity index (χ3n) is 4.05. The van der Waals surface area contributed by atoms with Gasteiger partial charge in [0.2, 0.25) is 5.91 Å². The first-order valence-electron chi connectivity index (χ1n) is 8.14. The molecule has 2 rings (SSSR count). The molecule has 0 spiro atoms. The van der Waals surface area contributed by atoms with Crippen molar-refractivity contribution < 1.29 is 4.79 Å². The molecule has 0 bridgehead atoms. The van der Waals surface area contributed by atoms with Crippen molar-refractivity contribution in [3.05, 3.63) is 18.1 Å². The molecule has 0 aliphatic carbocycles. The fourth-order valence-electron chi connectivity index (χ4n) is 3.02. The smallest absolute Gasteiger partial charge is 0.223 e. The SMILES string of the molecule is CNc1nccnc1C[C@@H]1CCCN(C(=O)CC(C)(C)C)C1. The molecule has 1 N–H and O–H groups in total. The molecule has 1 amide bonds. The Morgan fingerprint density at radius 2 is 2.09 bits per heavy atom. The Morgan fingerprint density at radius 1 is 1.36 bits per heavy atom. The molecular formula is C17H28N4O. The van der Waals surface area contributed by atoms with Crippen molar-refractivity contribution in [3.8, 4) is 0 Å². The van der Waals surface area contributed by atoms with E-state index in [2.05, 4.69) is 36.1 Å².